The summed E-state index contributed by atoms with van der Waals surface area (Å²) in [6.07, 6.45) is 3.07. The van der Waals surface area contributed by atoms with E-state index in [-0.39, 0.29) is 33.4 Å². The maximum atomic E-state index is 13.0. The minimum atomic E-state index is -0.697. The van der Waals surface area contributed by atoms with Gasteiger partial charge in [0.15, 0.2) is 0 Å². The molecule has 0 bridgehead atoms. The largest absolute Gasteiger partial charge is 0.350 e. The molecular formula is C23H20Cl3N3O3. The number of nitrogens with one attached hydrogen (secondary N) is 1. The zero-order valence-corrected chi connectivity index (χ0v) is 19.5. The lowest BCUT2D eigenvalue weighted by Crippen LogP contribution is -2.42. The molecule has 4 rings (SSSR count). The summed E-state index contributed by atoms with van der Waals surface area (Å²) in [6.45, 7) is 2.77. The van der Waals surface area contributed by atoms with Gasteiger partial charge in [0.1, 0.15) is 10.7 Å². The molecular weight excluding hydrogens is 473 g/mol. The fourth-order valence-electron chi connectivity index (χ4n) is 3.93. The van der Waals surface area contributed by atoms with Crippen LogP contribution in [0.3, 0.4) is 0 Å². The Morgan fingerprint density at radius 2 is 1.81 bits per heavy atom. The number of imide groups is 1. The summed E-state index contributed by atoms with van der Waals surface area (Å²) in [5.74, 6) is -1.41. The van der Waals surface area contributed by atoms with Crippen molar-refractivity contribution in [2.75, 3.05) is 16.8 Å². The van der Waals surface area contributed by atoms with Crippen molar-refractivity contribution >= 4 is 63.9 Å². The number of benzene rings is 2. The fraction of sp³-hybridized carbons (Fsp3) is 0.261. The highest BCUT2D eigenvalue weighted by Gasteiger charge is 2.40. The molecule has 2 heterocycles. The Kier molecular flexibility index (Phi) is 6.47. The van der Waals surface area contributed by atoms with Gasteiger partial charge in [0.05, 0.1) is 10.7 Å². The molecule has 1 atom stereocenters. The lowest BCUT2D eigenvalue weighted by molar-refractivity contribution is -0.120. The van der Waals surface area contributed by atoms with E-state index in [0.29, 0.717) is 16.3 Å². The molecule has 1 fully saturated rings. The van der Waals surface area contributed by atoms with E-state index in [9.17, 15) is 14.4 Å². The molecule has 0 aliphatic carbocycles. The Morgan fingerprint density at radius 1 is 1.03 bits per heavy atom. The monoisotopic (exact) mass is 491 g/mol. The lowest BCUT2D eigenvalue weighted by atomic mass is 10.0. The zero-order valence-electron chi connectivity index (χ0n) is 17.2. The van der Waals surface area contributed by atoms with Gasteiger partial charge in [-0.2, -0.15) is 0 Å². The van der Waals surface area contributed by atoms with Crippen molar-refractivity contribution in [1.82, 2.24) is 4.90 Å². The number of piperidine rings is 1. The van der Waals surface area contributed by atoms with E-state index in [2.05, 4.69) is 5.32 Å². The van der Waals surface area contributed by atoms with Gasteiger partial charge in [0, 0.05) is 28.9 Å². The number of anilines is 2. The molecule has 6 nitrogen and oxygen atoms in total. The Morgan fingerprint density at radius 3 is 2.53 bits per heavy atom. The fourth-order valence-corrected chi connectivity index (χ4v) is 4.64. The number of carbonyl (C=O) groups is 3. The third-order valence-corrected chi connectivity index (χ3v) is 6.51. The molecule has 0 spiro atoms. The molecule has 166 valence electrons. The quantitative estimate of drug-likeness (QED) is 0.577. The van der Waals surface area contributed by atoms with Crippen molar-refractivity contribution in [3.63, 3.8) is 0 Å². The van der Waals surface area contributed by atoms with Crippen LogP contribution in [0.25, 0.3) is 0 Å². The maximum Gasteiger partial charge on any atom is 0.283 e. The molecule has 32 heavy (non-hydrogen) atoms. The summed E-state index contributed by atoms with van der Waals surface area (Å²) < 4.78 is 0. The second-order valence-corrected chi connectivity index (χ2v) is 9.00. The molecule has 0 radical (unpaired) electrons. The molecule has 0 saturated carbocycles. The standard InChI is InChI=1S/C23H20Cl3N3O3/c1-13-5-2-3-10-28(13)21(30)14-6-4-7-16(11-14)27-20-19(26)22(31)29(23(20)32)18-9-8-15(24)12-17(18)25/h4,6-9,11-13,27H,2-3,5,10H2,1H3. The molecule has 0 aromatic heterocycles. The summed E-state index contributed by atoms with van der Waals surface area (Å²) in [5, 5.41) is 3.17. The Labute approximate surface area is 200 Å². The highest BCUT2D eigenvalue weighted by Crippen LogP contribution is 2.35. The van der Waals surface area contributed by atoms with Gasteiger partial charge in [-0.25, -0.2) is 4.90 Å². The van der Waals surface area contributed by atoms with Gasteiger partial charge < -0.3 is 10.2 Å². The number of amides is 3. The van der Waals surface area contributed by atoms with Gasteiger partial charge in [-0.1, -0.05) is 40.9 Å². The summed E-state index contributed by atoms with van der Waals surface area (Å²) in [5.41, 5.74) is 1.07. The first kappa shape index (κ1) is 22.6. The van der Waals surface area contributed by atoms with E-state index in [1.165, 1.54) is 18.2 Å². The number of hydrogen-bond acceptors (Lipinski definition) is 4. The Balaban J connectivity index is 1.58. The second-order valence-electron chi connectivity index (χ2n) is 7.78. The van der Waals surface area contributed by atoms with Gasteiger partial charge in [0.25, 0.3) is 17.7 Å². The summed E-state index contributed by atoms with van der Waals surface area (Å²) in [6, 6.07) is 11.4. The van der Waals surface area contributed by atoms with Crippen molar-refractivity contribution in [3.05, 3.63) is 68.8 Å². The number of halogens is 3. The average Bonchev–Trinajstić information content (AvgIpc) is 2.97. The van der Waals surface area contributed by atoms with Crippen LogP contribution < -0.4 is 10.2 Å². The number of nitrogens with zero attached hydrogens (tertiary/aromatic N) is 2. The predicted molar refractivity (Wildman–Crippen MR) is 126 cm³/mol. The van der Waals surface area contributed by atoms with E-state index in [1.54, 1.807) is 24.3 Å². The first-order valence-corrected chi connectivity index (χ1v) is 11.3. The number of carbonyl (C=O) groups excluding carboxylic acids is 3. The number of rotatable bonds is 4. The van der Waals surface area contributed by atoms with Crippen LogP contribution in [0.1, 0.15) is 36.5 Å². The van der Waals surface area contributed by atoms with Gasteiger partial charge in [-0.05, 0) is 62.6 Å². The van der Waals surface area contributed by atoms with E-state index in [0.717, 1.165) is 30.7 Å². The Bertz CT molecular complexity index is 1150. The zero-order chi connectivity index (χ0) is 23.0. The molecule has 1 saturated heterocycles. The molecule has 9 heteroatoms. The van der Waals surface area contributed by atoms with Crippen LogP contribution in [0.15, 0.2) is 53.2 Å². The van der Waals surface area contributed by atoms with Crippen LogP contribution in [0.2, 0.25) is 10.0 Å². The SMILES string of the molecule is CC1CCCCN1C(=O)c1cccc(NC2=C(Cl)C(=O)N(c3ccc(Cl)cc3Cl)C2=O)c1. The van der Waals surface area contributed by atoms with Crippen molar-refractivity contribution in [2.45, 2.75) is 32.2 Å². The van der Waals surface area contributed by atoms with Crippen molar-refractivity contribution in [2.24, 2.45) is 0 Å². The van der Waals surface area contributed by atoms with Crippen LogP contribution in [0.4, 0.5) is 11.4 Å². The third-order valence-electron chi connectivity index (χ3n) is 5.62. The molecule has 3 amide bonds. The average molecular weight is 493 g/mol. The topological polar surface area (TPSA) is 69.7 Å². The van der Waals surface area contributed by atoms with Crippen LogP contribution in [0.5, 0.6) is 0 Å². The molecule has 1 N–H and O–H groups in total. The number of likely N-dealkylation sites (tertiary alicyclic amines) is 1. The normalized spacial score (nSPS) is 19.1. The molecule has 2 aliphatic rings. The molecule has 2 aromatic carbocycles. The predicted octanol–water partition coefficient (Wildman–Crippen LogP) is 5.44. The smallest absolute Gasteiger partial charge is 0.283 e. The third kappa shape index (κ3) is 4.22. The van der Waals surface area contributed by atoms with Crippen LogP contribution >= 0.6 is 34.8 Å². The minimum Gasteiger partial charge on any atom is -0.350 e. The maximum absolute atomic E-state index is 13.0. The molecule has 2 aromatic rings. The lowest BCUT2D eigenvalue weighted by Gasteiger charge is -2.33. The van der Waals surface area contributed by atoms with E-state index in [1.807, 2.05) is 11.8 Å². The van der Waals surface area contributed by atoms with Gasteiger partial charge in [-0.15, -0.1) is 0 Å². The van der Waals surface area contributed by atoms with Crippen molar-refractivity contribution in [1.29, 1.82) is 0 Å². The van der Waals surface area contributed by atoms with Gasteiger partial charge >= 0.3 is 0 Å². The van der Waals surface area contributed by atoms with Crippen molar-refractivity contribution < 1.29 is 14.4 Å². The second kappa shape index (κ2) is 9.14. The van der Waals surface area contributed by atoms with Gasteiger partial charge in [-0.3, -0.25) is 14.4 Å². The minimum absolute atomic E-state index is 0.0654. The van der Waals surface area contributed by atoms with Gasteiger partial charge in [0.2, 0.25) is 0 Å². The van der Waals surface area contributed by atoms with Crippen LogP contribution in [-0.2, 0) is 9.59 Å². The summed E-state index contributed by atoms with van der Waals surface area (Å²) in [7, 11) is 0. The first-order valence-electron chi connectivity index (χ1n) is 10.2. The highest BCUT2D eigenvalue weighted by molar-refractivity contribution is 6.53. The highest BCUT2D eigenvalue weighted by atomic mass is 35.5. The van der Waals surface area contributed by atoms with Crippen LogP contribution in [-0.4, -0.2) is 35.2 Å². The first-order chi connectivity index (χ1) is 15.3. The van der Waals surface area contributed by atoms with Crippen LogP contribution in [0, 0.1) is 0 Å². The summed E-state index contributed by atoms with van der Waals surface area (Å²) in [4.78, 5) is 41.5. The van der Waals surface area contributed by atoms with E-state index in [4.69, 9.17) is 34.8 Å². The summed E-state index contributed by atoms with van der Waals surface area (Å²) >= 11 is 18.3. The van der Waals surface area contributed by atoms with Crippen molar-refractivity contribution in [3.8, 4) is 0 Å². The number of hydrogen-bond donors (Lipinski definition) is 1. The Hall–Kier alpha value is -2.54. The van der Waals surface area contributed by atoms with E-state index >= 15 is 0 Å². The molecule has 1 unspecified atom stereocenters. The van der Waals surface area contributed by atoms with E-state index < -0.39 is 11.8 Å². The molecule has 2 aliphatic heterocycles.